The van der Waals surface area contributed by atoms with Crippen LogP contribution >= 0.6 is 11.6 Å². The molecule has 0 unspecified atom stereocenters. The molecule has 2 rings (SSSR count). The summed E-state index contributed by atoms with van der Waals surface area (Å²) in [6.07, 6.45) is 0. The van der Waals surface area contributed by atoms with Gasteiger partial charge in [-0.15, -0.1) is 0 Å². The number of methoxy groups -OCH3 is 3. The Hall–Kier alpha value is -2.80. The lowest BCUT2D eigenvalue weighted by atomic mass is 10.2. The van der Waals surface area contributed by atoms with Crippen molar-refractivity contribution in [2.75, 3.05) is 41.0 Å². The SMILES string of the molecule is CCNC(=NCc1cc(OC)c(OC)c(OC)c1)NCCOc1cccc(Cl)c1. The lowest BCUT2D eigenvalue weighted by Crippen LogP contribution is -2.39. The molecule has 29 heavy (non-hydrogen) atoms. The standard InChI is InChI=1S/C21H28ClN3O4/c1-5-23-21(24-9-10-29-17-8-6-7-16(22)13-17)25-14-15-11-18(26-2)20(28-4)19(12-15)27-3/h6-8,11-13H,5,9-10,14H2,1-4H3,(H2,23,24,25). The summed E-state index contributed by atoms with van der Waals surface area (Å²) in [5, 5.41) is 7.11. The molecule has 0 aromatic heterocycles. The number of nitrogens with one attached hydrogen (secondary N) is 2. The molecule has 7 nitrogen and oxygen atoms in total. The third kappa shape index (κ3) is 6.94. The van der Waals surface area contributed by atoms with Crippen molar-refractivity contribution in [1.29, 1.82) is 0 Å². The van der Waals surface area contributed by atoms with Crippen LogP contribution in [0.2, 0.25) is 5.02 Å². The number of benzene rings is 2. The van der Waals surface area contributed by atoms with Gasteiger partial charge in [0.2, 0.25) is 5.75 Å². The number of hydrogen-bond donors (Lipinski definition) is 2. The zero-order valence-electron chi connectivity index (χ0n) is 17.3. The highest BCUT2D eigenvalue weighted by atomic mass is 35.5. The number of halogens is 1. The fraction of sp³-hybridized carbons (Fsp3) is 0.381. The van der Waals surface area contributed by atoms with E-state index >= 15 is 0 Å². The van der Waals surface area contributed by atoms with E-state index in [0.29, 0.717) is 47.9 Å². The number of ether oxygens (including phenoxy) is 4. The average Bonchev–Trinajstić information content (AvgIpc) is 2.74. The van der Waals surface area contributed by atoms with Crippen molar-refractivity contribution in [3.05, 3.63) is 47.0 Å². The largest absolute Gasteiger partial charge is 0.493 e. The Morgan fingerprint density at radius 2 is 1.72 bits per heavy atom. The van der Waals surface area contributed by atoms with Gasteiger partial charge < -0.3 is 29.6 Å². The molecule has 0 bridgehead atoms. The van der Waals surface area contributed by atoms with Crippen LogP contribution in [0.25, 0.3) is 0 Å². The summed E-state index contributed by atoms with van der Waals surface area (Å²) in [7, 11) is 4.77. The molecule has 2 aromatic rings. The van der Waals surface area contributed by atoms with Gasteiger partial charge in [0.05, 0.1) is 34.4 Å². The Labute approximate surface area is 177 Å². The minimum absolute atomic E-state index is 0.446. The monoisotopic (exact) mass is 421 g/mol. The van der Waals surface area contributed by atoms with Crippen LogP contribution in [0.15, 0.2) is 41.4 Å². The van der Waals surface area contributed by atoms with Crippen molar-refractivity contribution in [3.63, 3.8) is 0 Å². The van der Waals surface area contributed by atoms with E-state index in [1.54, 1.807) is 27.4 Å². The zero-order chi connectivity index (χ0) is 21.1. The highest BCUT2D eigenvalue weighted by Gasteiger charge is 2.13. The second kappa shape index (κ2) is 11.9. The maximum Gasteiger partial charge on any atom is 0.203 e. The van der Waals surface area contributed by atoms with Crippen LogP contribution in [0.3, 0.4) is 0 Å². The first kappa shape index (κ1) is 22.5. The van der Waals surface area contributed by atoms with Crippen molar-refractivity contribution in [2.24, 2.45) is 4.99 Å². The highest BCUT2D eigenvalue weighted by Crippen LogP contribution is 2.38. The number of aliphatic imine (C=N–C) groups is 1. The van der Waals surface area contributed by atoms with E-state index in [0.717, 1.165) is 17.9 Å². The molecule has 2 aromatic carbocycles. The van der Waals surface area contributed by atoms with Gasteiger partial charge in [-0.2, -0.15) is 0 Å². The Morgan fingerprint density at radius 1 is 1.00 bits per heavy atom. The van der Waals surface area contributed by atoms with Crippen LogP contribution in [0.5, 0.6) is 23.0 Å². The third-order valence-electron chi connectivity index (χ3n) is 3.95. The van der Waals surface area contributed by atoms with Crippen LogP contribution in [0.4, 0.5) is 0 Å². The van der Waals surface area contributed by atoms with Gasteiger partial charge in [-0.05, 0) is 42.8 Å². The predicted octanol–water partition coefficient (Wildman–Crippen LogP) is 3.50. The number of nitrogens with zero attached hydrogens (tertiary/aromatic N) is 1. The lowest BCUT2D eigenvalue weighted by molar-refractivity contribution is 0.322. The van der Waals surface area contributed by atoms with Gasteiger partial charge >= 0.3 is 0 Å². The first-order chi connectivity index (χ1) is 14.1. The third-order valence-corrected chi connectivity index (χ3v) is 4.18. The quantitative estimate of drug-likeness (QED) is 0.347. The zero-order valence-corrected chi connectivity index (χ0v) is 18.0. The Balaban J connectivity index is 1.97. The van der Waals surface area contributed by atoms with Crippen LogP contribution in [-0.2, 0) is 6.54 Å². The Kier molecular flexibility index (Phi) is 9.24. The first-order valence-corrected chi connectivity index (χ1v) is 9.68. The number of hydrogen-bond acceptors (Lipinski definition) is 5. The molecule has 0 saturated heterocycles. The van der Waals surface area contributed by atoms with Crippen LogP contribution in [-0.4, -0.2) is 47.0 Å². The smallest absolute Gasteiger partial charge is 0.203 e. The molecule has 0 aliphatic rings. The summed E-state index contributed by atoms with van der Waals surface area (Å²) in [5.74, 6) is 3.19. The summed E-state index contributed by atoms with van der Waals surface area (Å²) in [6.45, 7) is 4.28. The minimum atomic E-state index is 0.446. The Morgan fingerprint density at radius 3 is 2.31 bits per heavy atom. The van der Waals surface area contributed by atoms with Crippen molar-refractivity contribution in [2.45, 2.75) is 13.5 Å². The summed E-state index contributed by atoms with van der Waals surface area (Å²) in [5.41, 5.74) is 0.937. The minimum Gasteiger partial charge on any atom is -0.493 e. The molecule has 0 atom stereocenters. The molecule has 0 aliphatic carbocycles. The van der Waals surface area contributed by atoms with Crippen LogP contribution in [0.1, 0.15) is 12.5 Å². The van der Waals surface area contributed by atoms with Gasteiger partial charge in [-0.3, -0.25) is 0 Å². The molecule has 0 spiro atoms. The van der Waals surface area contributed by atoms with E-state index in [2.05, 4.69) is 15.6 Å². The molecule has 8 heteroatoms. The highest BCUT2D eigenvalue weighted by molar-refractivity contribution is 6.30. The van der Waals surface area contributed by atoms with Crippen LogP contribution < -0.4 is 29.6 Å². The van der Waals surface area contributed by atoms with E-state index in [1.807, 2.05) is 37.3 Å². The second-order valence-corrected chi connectivity index (χ2v) is 6.40. The molecule has 0 heterocycles. The first-order valence-electron chi connectivity index (χ1n) is 9.30. The van der Waals surface area contributed by atoms with Gasteiger partial charge in [0, 0.05) is 11.6 Å². The fourth-order valence-electron chi connectivity index (χ4n) is 2.63. The summed E-state index contributed by atoms with van der Waals surface area (Å²) >= 11 is 5.96. The normalized spacial score (nSPS) is 11.0. The topological polar surface area (TPSA) is 73.3 Å². The van der Waals surface area contributed by atoms with Crippen molar-refractivity contribution < 1.29 is 18.9 Å². The number of rotatable bonds is 10. The van der Waals surface area contributed by atoms with Gasteiger partial charge in [0.1, 0.15) is 12.4 Å². The molecule has 0 fully saturated rings. The molecule has 158 valence electrons. The van der Waals surface area contributed by atoms with Crippen molar-refractivity contribution in [1.82, 2.24) is 10.6 Å². The summed E-state index contributed by atoms with van der Waals surface area (Å²) in [6, 6.07) is 11.1. The average molecular weight is 422 g/mol. The van der Waals surface area contributed by atoms with Gasteiger partial charge in [-0.25, -0.2) is 4.99 Å². The van der Waals surface area contributed by atoms with Crippen molar-refractivity contribution >= 4 is 17.6 Å². The van der Waals surface area contributed by atoms with Crippen molar-refractivity contribution in [3.8, 4) is 23.0 Å². The maximum atomic E-state index is 5.96. The van der Waals surface area contributed by atoms with E-state index in [4.69, 9.17) is 30.5 Å². The van der Waals surface area contributed by atoms with E-state index in [1.165, 1.54) is 0 Å². The lowest BCUT2D eigenvalue weighted by Gasteiger charge is -2.14. The van der Waals surface area contributed by atoms with E-state index in [9.17, 15) is 0 Å². The molecular weight excluding hydrogens is 394 g/mol. The molecule has 2 N–H and O–H groups in total. The van der Waals surface area contributed by atoms with E-state index < -0.39 is 0 Å². The number of guanidine groups is 1. The maximum absolute atomic E-state index is 5.96. The van der Waals surface area contributed by atoms with Gasteiger partial charge in [-0.1, -0.05) is 17.7 Å². The van der Waals surface area contributed by atoms with E-state index in [-0.39, 0.29) is 0 Å². The summed E-state index contributed by atoms with van der Waals surface area (Å²) in [4.78, 5) is 4.61. The molecular formula is C21H28ClN3O4. The molecule has 0 radical (unpaired) electrons. The second-order valence-electron chi connectivity index (χ2n) is 5.96. The predicted molar refractivity (Wildman–Crippen MR) is 116 cm³/mol. The summed E-state index contributed by atoms with van der Waals surface area (Å²) < 4.78 is 21.8. The van der Waals surface area contributed by atoms with Gasteiger partial charge in [0.15, 0.2) is 17.5 Å². The van der Waals surface area contributed by atoms with Gasteiger partial charge in [0.25, 0.3) is 0 Å². The molecule has 0 aliphatic heterocycles. The molecule has 0 amide bonds. The fourth-order valence-corrected chi connectivity index (χ4v) is 2.81. The van der Waals surface area contributed by atoms with Crippen LogP contribution in [0, 0.1) is 0 Å². The molecule has 0 saturated carbocycles. The Bertz CT molecular complexity index is 789.